The molecule has 0 saturated carbocycles. The third-order valence-electron chi connectivity index (χ3n) is 6.53. The van der Waals surface area contributed by atoms with Gasteiger partial charge in [0.05, 0.1) is 6.54 Å². The van der Waals surface area contributed by atoms with Gasteiger partial charge in [0.15, 0.2) is 0 Å². The molecule has 2 aromatic rings. The van der Waals surface area contributed by atoms with E-state index in [0.717, 1.165) is 36.3 Å². The molecule has 3 atom stereocenters. The molecule has 3 saturated heterocycles. The molecular weight excluding hydrogens is 414 g/mol. The number of rotatable bonds is 3. The minimum Gasteiger partial charge on any atom is -0.343 e. The van der Waals surface area contributed by atoms with E-state index in [9.17, 15) is 9.59 Å². The minimum atomic E-state index is -0.418. The lowest BCUT2D eigenvalue weighted by molar-refractivity contribution is -0.139. The Morgan fingerprint density at radius 1 is 1.10 bits per heavy atom. The van der Waals surface area contributed by atoms with Crippen LogP contribution in [0.15, 0.2) is 48.5 Å². The van der Waals surface area contributed by atoms with Gasteiger partial charge in [-0.15, -0.1) is 0 Å². The standard InChI is InChI=1S/C23H26ClN5O2/c1-15-9-10-17(24)13-18(15)27-11-6-12-28-19-20(25-22(27)28)26(2)23(31)29(21(19)30)14-16-7-4-3-5-8-16/h3-5,7-10,13,19-20,22,25H,6,11-12,14H2,1-2H3. The quantitative estimate of drug-likeness (QED) is 0.797. The number of anilines is 1. The molecule has 162 valence electrons. The van der Waals surface area contributed by atoms with Crippen LogP contribution < -0.4 is 10.2 Å². The zero-order chi connectivity index (χ0) is 21.7. The monoisotopic (exact) mass is 439 g/mol. The maximum Gasteiger partial charge on any atom is 0.328 e. The first-order valence-electron chi connectivity index (χ1n) is 10.6. The average molecular weight is 440 g/mol. The van der Waals surface area contributed by atoms with Crippen LogP contribution in [-0.2, 0) is 11.3 Å². The van der Waals surface area contributed by atoms with Gasteiger partial charge >= 0.3 is 6.03 Å². The lowest BCUT2D eigenvalue weighted by Gasteiger charge is -2.44. The molecule has 0 radical (unpaired) electrons. The second-order valence-corrected chi connectivity index (χ2v) is 8.89. The van der Waals surface area contributed by atoms with Crippen LogP contribution in [-0.4, -0.2) is 65.3 Å². The van der Waals surface area contributed by atoms with Crippen molar-refractivity contribution in [2.24, 2.45) is 0 Å². The van der Waals surface area contributed by atoms with Crippen LogP contribution in [0.5, 0.6) is 0 Å². The number of urea groups is 1. The normalized spacial score (nSPS) is 26.3. The number of likely N-dealkylation sites (N-methyl/N-ethyl adjacent to an activating group) is 1. The summed E-state index contributed by atoms with van der Waals surface area (Å²) >= 11 is 6.29. The molecule has 0 aliphatic carbocycles. The van der Waals surface area contributed by atoms with Crippen LogP contribution in [0.3, 0.4) is 0 Å². The van der Waals surface area contributed by atoms with Crippen molar-refractivity contribution >= 4 is 29.2 Å². The molecule has 31 heavy (non-hydrogen) atoms. The molecule has 1 N–H and O–H groups in total. The highest BCUT2D eigenvalue weighted by molar-refractivity contribution is 6.30. The number of amides is 3. The highest BCUT2D eigenvalue weighted by Crippen LogP contribution is 2.35. The Labute approximate surface area is 187 Å². The van der Waals surface area contributed by atoms with Crippen LogP contribution in [0, 0.1) is 6.92 Å². The van der Waals surface area contributed by atoms with Gasteiger partial charge in [0.25, 0.3) is 5.91 Å². The number of carbonyl (C=O) groups is 2. The summed E-state index contributed by atoms with van der Waals surface area (Å²) < 4.78 is 0. The number of nitrogens with zero attached hydrogens (tertiary/aromatic N) is 4. The molecule has 0 aromatic heterocycles. The average Bonchev–Trinajstić information content (AvgIpc) is 3.18. The predicted molar refractivity (Wildman–Crippen MR) is 120 cm³/mol. The van der Waals surface area contributed by atoms with Gasteiger partial charge in [0, 0.05) is 30.8 Å². The molecular formula is C23H26ClN5O2. The molecule has 0 spiro atoms. The van der Waals surface area contributed by atoms with E-state index < -0.39 is 6.04 Å². The number of imide groups is 1. The first-order valence-corrected chi connectivity index (χ1v) is 11.0. The van der Waals surface area contributed by atoms with E-state index in [0.29, 0.717) is 5.02 Å². The van der Waals surface area contributed by atoms with Crippen LogP contribution in [0.2, 0.25) is 5.02 Å². The van der Waals surface area contributed by atoms with E-state index in [1.807, 2.05) is 48.5 Å². The van der Waals surface area contributed by atoms with E-state index in [1.165, 1.54) is 4.90 Å². The van der Waals surface area contributed by atoms with Crippen LogP contribution in [0.4, 0.5) is 10.5 Å². The van der Waals surface area contributed by atoms with E-state index in [-0.39, 0.29) is 30.9 Å². The maximum atomic E-state index is 13.5. The number of nitrogens with one attached hydrogen (secondary N) is 1. The lowest BCUT2D eigenvalue weighted by Crippen LogP contribution is -2.66. The largest absolute Gasteiger partial charge is 0.343 e. The fraction of sp³-hybridized carbons (Fsp3) is 0.391. The summed E-state index contributed by atoms with van der Waals surface area (Å²) in [6, 6.07) is 14.8. The molecule has 5 rings (SSSR count). The molecule has 8 heteroatoms. The van der Waals surface area contributed by atoms with Crippen LogP contribution in [0.1, 0.15) is 17.5 Å². The summed E-state index contributed by atoms with van der Waals surface area (Å²) in [5.41, 5.74) is 3.12. The van der Waals surface area contributed by atoms with Gasteiger partial charge in [-0.05, 0) is 36.6 Å². The Kier molecular flexibility index (Phi) is 5.12. The second-order valence-electron chi connectivity index (χ2n) is 8.45. The van der Waals surface area contributed by atoms with Crippen molar-refractivity contribution in [3.8, 4) is 0 Å². The summed E-state index contributed by atoms with van der Waals surface area (Å²) in [6.45, 7) is 3.99. The van der Waals surface area contributed by atoms with Crippen molar-refractivity contribution in [1.82, 2.24) is 20.0 Å². The van der Waals surface area contributed by atoms with Crippen molar-refractivity contribution in [1.29, 1.82) is 0 Å². The first-order chi connectivity index (χ1) is 15.0. The number of benzene rings is 2. The molecule has 3 fully saturated rings. The van der Waals surface area contributed by atoms with E-state index in [4.69, 9.17) is 11.6 Å². The zero-order valence-electron chi connectivity index (χ0n) is 17.7. The Hall–Kier alpha value is -2.61. The summed E-state index contributed by atoms with van der Waals surface area (Å²) in [4.78, 5) is 34.1. The van der Waals surface area contributed by atoms with E-state index in [1.54, 1.807) is 11.9 Å². The summed E-state index contributed by atoms with van der Waals surface area (Å²) in [6.07, 6.45) is 0.394. The van der Waals surface area contributed by atoms with Crippen molar-refractivity contribution in [3.05, 3.63) is 64.7 Å². The fourth-order valence-electron chi connectivity index (χ4n) is 4.97. The van der Waals surface area contributed by atoms with Crippen LogP contribution in [0.25, 0.3) is 0 Å². The zero-order valence-corrected chi connectivity index (χ0v) is 18.4. The van der Waals surface area contributed by atoms with Gasteiger partial charge in [-0.3, -0.25) is 19.9 Å². The minimum absolute atomic E-state index is 0.142. The highest BCUT2D eigenvalue weighted by Gasteiger charge is 2.56. The van der Waals surface area contributed by atoms with Gasteiger partial charge in [0.1, 0.15) is 18.5 Å². The predicted octanol–water partition coefficient (Wildman–Crippen LogP) is 2.84. The Balaban J connectivity index is 1.46. The molecule has 2 aromatic carbocycles. The topological polar surface area (TPSA) is 59.1 Å². The summed E-state index contributed by atoms with van der Waals surface area (Å²) in [7, 11) is 1.77. The molecule has 3 unspecified atom stereocenters. The fourth-order valence-corrected chi connectivity index (χ4v) is 5.14. The summed E-state index contributed by atoms with van der Waals surface area (Å²) in [5.74, 6) is -0.142. The third-order valence-corrected chi connectivity index (χ3v) is 6.77. The third kappa shape index (κ3) is 3.37. The molecule has 0 bridgehead atoms. The number of fused-ring (bicyclic) bond motifs is 3. The van der Waals surface area contributed by atoms with E-state index >= 15 is 0 Å². The van der Waals surface area contributed by atoms with Gasteiger partial charge in [0.2, 0.25) is 0 Å². The lowest BCUT2D eigenvalue weighted by atomic mass is 10.1. The number of hydrogen-bond donors (Lipinski definition) is 1. The van der Waals surface area contributed by atoms with Crippen LogP contribution >= 0.6 is 11.6 Å². The Morgan fingerprint density at radius 2 is 1.87 bits per heavy atom. The number of aryl methyl sites for hydroxylation is 1. The van der Waals surface area contributed by atoms with Crippen molar-refractivity contribution < 1.29 is 9.59 Å². The molecule has 3 aliphatic rings. The Bertz CT molecular complexity index is 1020. The van der Waals surface area contributed by atoms with Gasteiger partial charge in [-0.2, -0.15) is 0 Å². The smallest absolute Gasteiger partial charge is 0.328 e. The van der Waals surface area contributed by atoms with E-state index in [2.05, 4.69) is 22.0 Å². The highest BCUT2D eigenvalue weighted by atomic mass is 35.5. The van der Waals surface area contributed by atoms with Gasteiger partial charge < -0.3 is 9.80 Å². The molecule has 3 aliphatic heterocycles. The second kappa shape index (κ2) is 7.82. The maximum absolute atomic E-state index is 13.5. The summed E-state index contributed by atoms with van der Waals surface area (Å²) in [5, 5.41) is 4.24. The molecule has 3 amide bonds. The van der Waals surface area contributed by atoms with Crippen molar-refractivity contribution in [2.45, 2.75) is 38.4 Å². The Morgan fingerprint density at radius 3 is 2.65 bits per heavy atom. The SMILES string of the molecule is Cc1ccc(Cl)cc1N1CCCN2C3C(=O)N(Cc4ccccc4)C(=O)N(C)C3NC12. The number of hydrogen-bond acceptors (Lipinski definition) is 5. The van der Waals surface area contributed by atoms with Gasteiger partial charge in [-0.25, -0.2) is 4.79 Å². The molecule has 7 nitrogen and oxygen atoms in total. The van der Waals surface area contributed by atoms with Crippen molar-refractivity contribution in [3.63, 3.8) is 0 Å². The molecule has 3 heterocycles. The first kappa shape index (κ1) is 20.3. The number of carbonyl (C=O) groups excluding carboxylic acids is 2. The van der Waals surface area contributed by atoms with Gasteiger partial charge in [-0.1, -0.05) is 48.0 Å². The van der Waals surface area contributed by atoms with Crippen molar-refractivity contribution in [2.75, 3.05) is 25.0 Å². The number of halogens is 1.